The summed E-state index contributed by atoms with van der Waals surface area (Å²) in [5, 5.41) is 3.32. The molecule has 0 aromatic heterocycles. The van der Waals surface area contributed by atoms with Gasteiger partial charge in [-0.05, 0) is 25.8 Å². The summed E-state index contributed by atoms with van der Waals surface area (Å²) in [5.74, 6) is 0.524. The molecule has 0 unspecified atom stereocenters. The lowest BCUT2D eigenvalue weighted by Crippen LogP contribution is -2.60. The Bertz CT molecular complexity index is 376. The van der Waals surface area contributed by atoms with Crippen LogP contribution in [0.15, 0.2) is 0 Å². The molecular weight excluding hydrogens is 290 g/mol. The maximum Gasteiger partial charge on any atom is 0.227 e. The molecule has 1 aliphatic carbocycles. The van der Waals surface area contributed by atoms with Crippen LogP contribution < -0.4 is 5.32 Å². The minimum atomic E-state index is 0.179. The Morgan fingerprint density at radius 2 is 1.91 bits per heavy atom. The molecular formula is C18H33N3O2. The summed E-state index contributed by atoms with van der Waals surface area (Å²) >= 11 is 0. The van der Waals surface area contributed by atoms with E-state index in [0.717, 1.165) is 45.2 Å². The molecule has 3 aliphatic rings. The number of ether oxygens (including phenoxy) is 1. The van der Waals surface area contributed by atoms with E-state index in [9.17, 15) is 4.79 Å². The van der Waals surface area contributed by atoms with Crippen LogP contribution in [0, 0.1) is 5.92 Å². The minimum absolute atomic E-state index is 0.179. The van der Waals surface area contributed by atoms with E-state index in [4.69, 9.17) is 4.74 Å². The van der Waals surface area contributed by atoms with Gasteiger partial charge in [-0.1, -0.05) is 25.7 Å². The van der Waals surface area contributed by atoms with E-state index in [-0.39, 0.29) is 12.0 Å². The summed E-state index contributed by atoms with van der Waals surface area (Å²) in [4.78, 5) is 17.6. The van der Waals surface area contributed by atoms with Crippen LogP contribution in [0.4, 0.5) is 0 Å². The SMILES string of the molecule is COC[C@@H]1CN(C2CCCCCC2)CCN1C(=O)[C@H]1CCNC1. The number of hydrogen-bond acceptors (Lipinski definition) is 4. The van der Waals surface area contributed by atoms with Crippen molar-refractivity contribution in [2.45, 2.75) is 57.0 Å². The van der Waals surface area contributed by atoms with E-state index in [1.54, 1.807) is 7.11 Å². The van der Waals surface area contributed by atoms with Crippen molar-refractivity contribution in [1.82, 2.24) is 15.1 Å². The lowest BCUT2D eigenvalue weighted by Gasteiger charge is -2.45. The van der Waals surface area contributed by atoms with Crippen LogP contribution in [-0.4, -0.2) is 74.2 Å². The van der Waals surface area contributed by atoms with Gasteiger partial charge in [0.2, 0.25) is 5.91 Å². The smallest absolute Gasteiger partial charge is 0.227 e. The second kappa shape index (κ2) is 8.45. The first kappa shape index (κ1) is 17.2. The predicted molar refractivity (Wildman–Crippen MR) is 91.4 cm³/mol. The van der Waals surface area contributed by atoms with Crippen LogP contribution in [0.3, 0.4) is 0 Å². The Morgan fingerprint density at radius 1 is 1.13 bits per heavy atom. The van der Waals surface area contributed by atoms with Crippen molar-refractivity contribution in [3.05, 3.63) is 0 Å². The van der Waals surface area contributed by atoms with Crippen molar-refractivity contribution < 1.29 is 9.53 Å². The van der Waals surface area contributed by atoms with E-state index < -0.39 is 0 Å². The molecule has 0 aromatic carbocycles. The van der Waals surface area contributed by atoms with Gasteiger partial charge in [0.05, 0.1) is 18.6 Å². The zero-order valence-corrected chi connectivity index (χ0v) is 14.6. The van der Waals surface area contributed by atoms with E-state index in [1.165, 1.54) is 38.5 Å². The van der Waals surface area contributed by atoms with Crippen LogP contribution in [0.1, 0.15) is 44.9 Å². The van der Waals surface area contributed by atoms with Crippen LogP contribution in [-0.2, 0) is 9.53 Å². The number of nitrogens with one attached hydrogen (secondary N) is 1. The third-order valence-electron chi connectivity index (χ3n) is 5.91. The molecule has 2 aliphatic heterocycles. The van der Waals surface area contributed by atoms with Gasteiger partial charge in [0.1, 0.15) is 0 Å². The molecule has 2 atom stereocenters. The fraction of sp³-hybridized carbons (Fsp3) is 0.944. The van der Waals surface area contributed by atoms with Gasteiger partial charge >= 0.3 is 0 Å². The number of amides is 1. The molecule has 0 bridgehead atoms. The van der Waals surface area contributed by atoms with Gasteiger partial charge in [0, 0.05) is 39.3 Å². The predicted octanol–water partition coefficient (Wildman–Crippen LogP) is 1.48. The Labute approximate surface area is 140 Å². The van der Waals surface area contributed by atoms with Crippen molar-refractivity contribution in [3.63, 3.8) is 0 Å². The number of piperazine rings is 1. The van der Waals surface area contributed by atoms with Crippen molar-refractivity contribution in [3.8, 4) is 0 Å². The first-order valence-electron chi connectivity index (χ1n) is 9.54. The lowest BCUT2D eigenvalue weighted by atomic mass is 10.0. The van der Waals surface area contributed by atoms with E-state index in [1.807, 2.05) is 0 Å². The largest absolute Gasteiger partial charge is 0.382 e. The molecule has 5 nitrogen and oxygen atoms in total. The van der Waals surface area contributed by atoms with Gasteiger partial charge in [0.15, 0.2) is 0 Å². The molecule has 132 valence electrons. The summed E-state index contributed by atoms with van der Waals surface area (Å²) in [6.45, 7) is 5.39. The van der Waals surface area contributed by atoms with E-state index in [2.05, 4.69) is 15.1 Å². The van der Waals surface area contributed by atoms with Crippen LogP contribution >= 0.6 is 0 Å². The fourth-order valence-electron chi connectivity index (χ4n) is 4.56. The maximum atomic E-state index is 12.8. The molecule has 23 heavy (non-hydrogen) atoms. The van der Waals surface area contributed by atoms with Gasteiger partial charge in [0.25, 0.3) is 0 Å². The lowest BCUT2D eigenvalue weighted by molar-refractivity contribution is -0.142. The molecule has 2 heterocycles. The normalized spacial score (nSPS) is 31.3. The molecule has 0 radical (unpaired) electrons. The van der Waals surface area contributed by atoms with Crippen molar-refractivity contribution >= 4 is 5.91 Å². The number of methoxy groups -OCH3 is 1. The maximum absolute atomic E-state index is 12.8. The third-order valence-corrected chi connectivity index (χ3v) is 5.91. The van der Waals surface area contributed by atoms with Gasteiger partial charge in [-0.15, -0.1) is 0 Å². The molecule has 3 fully saturated rings. The number of nitrogens with zero attached hydrogens (tertiary/aromatic N) is 2. The summed E-state index contributed by atoms with van der Waals surface area (Å²) < 4.78 is 5.45. The van der Waals surface area contributed by atoms with Gasteiger partial charge < -0.3 is 15.0 Å². The summed E-state index contributed by atoms with van der Waals surface area (Å²) in [6, 6.07) is 0.951. The average Bonchev–Trinajstić information content (AvgIpc) is 2.97. The fourth-order valence-corrected chi connectivity index (χ4v) is 4.56. The Hall–Kier alpha value is -0.650. The standard InChI is InChI=1S/C18H33N3O2/c1-23-14-17-13-20(16-6-4-2-3-5-7-16)10-11-21(17)18(22)15-8-9-19-12-15/h15-17,19H,2-14H2,1H3/t15-,17-/m0/s1. The quantitative estimate of drug-likeness (QED) is 0.796. The van der Waals surface area contributed by atoms with Crippen molar-refractivity contribution in [2.24, 2.45) is 5.92 Å². The second-order valence-corrected chi connectivity index (χ2v) is 7.47. The van der Waals surface area contributed by atoms with Gasteiger partial charge in [-0.2, -0.15) is 0 Å². The number of rotatable bonds is 4. The second-order valence-electron chi connectivity index (χ2n) is 7.47. The highest BCUT2D eigenvalue weighted by molar-refractivity contribution is 5.80. The highest BCUT2D eigenvalue weighted by atomic mass is 16.5. The molecule has 0 spiro atoms. The topological polar surface area (TPSA) is 44.8 Å². The van der Waals surface area contributed by atoms with Gasteiger partial charge in [-0.25, -0.2) is 0 Å². The third kappa shape index (κ3) is 4.25. The molecule has 0 aromatic rings. The van der Waals surface area contributed by atoms with Gasteiger partial charge in [-0.3, -0.25) is 9.69 Å². The summed E-state index contributed by atoms with van der Waals surface area (Å²) in [5.41, 5.74) is 0. The monoisotopic (exact) mass is 323 g/mol. The number of hydrogen-bond donors (Lipinski definition) is 1. The minimum Gasteiger partial charge on any atom is -0.382 e. The van der Waals surface area contributed by atoms with Crippen LogP contribution in [0.5, 0.6) is 0 Å². The first-order valence-corrected chi connectivity index (χ1v) is 9.54. The van der Waals surface area contributed by atoms with Crippen molar-refractivity contribution in [2.75, 3.05) is 46.4 Å². The number of carbonyl (C=O) groups is 1. The highest BCUT2D eigenvalue weighted by Crippen LogP contribution is 2.25. The molecule has 2 saturated heterocycles. The summed E-state index contributed by atoms with van der Waals surface area (Å²) in [6.07, 6.45) is 9.18. The Morgan fingerprint density at radius 3 is 2.57 bits per heavy atom. The van der Waals surface area contributed by atoms with E-state index in [0.29, 0.717) is 12.5 Å². The molecule has 1 N–H and O–H groups in total. The molecule has 5 heteroatoms. The molecule has 1 saturated carbocycles. The zero-order valence-electron chi connectivity index (χ0n) is 14.6. The van der Waals surface area contributed by atoms with Crippen LogP contribution in [0.2, 0.25) is 0 Å². The van der Waals surface area contributed by atoms with Crippen molar-refractivity contribution in [1.29, 1.82) is 0 Å². The Balaban J connectivity index is 1.61. The molecule has 3 rings (SSSR count). The van der Waals surface area contributed by atoms with Crippen LogP contribution in [0.25, 0.3) is 0 Å². The highest BCUT2D eigenvalue weighted by Gasteiger charge is 2.36. The average molecular weight is 323 g/mol. The Kier molecular flexibility index (Phi) is 6.31. The van der Waals surface area contributed by atoms with E-state index >= 15 is 0 Å². The zero-order chi connectivity index (χ0) is 16.1. The first-order chi connectivity index (χ1) is 11.3. The summed E-state index contributed by atoms with van der Waals surface area (Å²) in [7, 11) is 1.75. The molecule has 1 amide bonds. The number of carbonyl (C=O) groups excluding carboxylic acids is 1.